The number of nitrogens with zero attached hydrogens (tertiary/aromatic N) is 2. The first-order valence-corrected chi connectivity index (χ1v) is 11.8. The highest BCUT2D eigenvalue weighted by Crippen LogP contribution is 2.33. The Kier molecular flexibility index (Phi) is 5.67. The zero-order valence-corrected chi connectivity index (χ0v) is 17.2. The molecule has 0 bridgehead atoms. The molecule has 1 N–H and O–H groups in total. The van der Waals surface area contributed by atoms with Crippen LogP contribution in [-0.4, -0.2) is 36.7 Å². The summed E-state index contributed by atoms with van der Waals surface area (Å²) in [4.78, 5) is 15.7. The molecular weight excluding hydrogens is 420 g/mol. The van der Waals surface area contributed by atoms with Crippen molar-refractivity contribution in [3.8, 4) is 0 Å². The van der Waals surface area contributed by atoms with Crippen LogP contribution in [0.1, 0.15) is 42.3 Å². The van der Waals surface area contributed by atoms with Gasteiger partial charge in [0.05, 0.1) is 17.2 Å². The summed E-state index contributed by atoms with van der Waals surface area (Å²) in [6.07, 6.45) is 3.24. The zero-order valence-electron chi connectivity index (χ0n) is 15.6. The number of thiazole rings is 1. The van der Waals surface area contributed by atoms with Gasteiger partial charge in [0.2, 0.25) is 15.9 Å². The van der Waals surface area contributed by atoms with Gasteiger partial charge in [-0.15, -0.1) is 11.3 Å². The fourth-order valence-corrected chi connectivity index (χ4v) is 5.98. The molecule has 2 fully saturated rings. The van der Waals surface area contributed by atoms with E-state index in [1.54, 1.807) is 0 Å². The maximum atomic E-state index is 14.0. The maximum Gasteiger partial charge on any atom is 0.246 e. The minimum Gasteiger partial charge on any atom is -0.350 e. The summed E-state index contributed by atoms with van der Waals surface area (Å²) in [5, 5.41) is 5.52. The lowest BCUT2D eigenvalue weighted by molar-refractivity contribution is -0.122. The second kappa shape index (κ2) is 8.08. The van der Waals surface area contributed by atoms with Crippen LogP contribution in [0.3, 0.4) is 0 Å². The van der Waals surface area contributed by atoms with E-state index in [-0.39, 0.29) is 30.8 Å². The number of hydrogen-bond donors (Lipinski definition) is 1. The summed E-state index contributed by atoms with van der Waals surface area (Å²) < 4.78 is 54.4. The Bertz CT molecular complexity index is 1020. The molecule has 1 aromatic heterocycles. The summed E-state index contributed by atoms with van der Waals surface area (Å²) in [5.74, 6) is -1.69. The second-order valence-electron chi connectivity index (χ2n) is 7.45. The Morgan fingerprint density at radius 2 is 2.07 bits per heavy atom. The number of nitrogens with one attached hydrogen (secondary N) is 1. The predicted octanol–water partition coefficient (Wildman–Crippen LogP) is 3.02. The highest BCUT2D eigenvalue weighted by molar-refractivity contribution is 7.89. The van der Waals surface area contributed by atoms with Crippen molar-refractivity contribution < 1.29 is 22.0 Å². The van der Waals surface area contributed by atoms with Gasteiger partial charge in [0, 0.05) is 30.3 Å². The maximum absolute atomic E-state index is 14.0. The number of halogens is 2. The molecule has 1 saturated heterocycles. The second-order valence-corrected chi connectivity index (χ2v) is 10.2. The molecule has 10 heteroatoms. The monoisotopic (exact) mass is 441 g/mol. The van der Waals surface area contributed by atoms with Gasteiger partial charge in [0.25, 0.3) is 0 Å². The lowest BCUT2D eigenvalue weighted by Crippen LogP contribution is -2.39. The van der Waals surface area contributed by atoms with Gasteiger partial charge in [-0.05, 0) is 43.9 Å². The van der Waals surface area contributed by atoms with E-state index in [0.717, 1.165) is 48.2 Å². The van der Waals surface area contributed by atoms with Crippen LogP contribution in [0.15, 0.2) is 28.5 Å². The van der Waals surface area contributed by atoms with Gasteiger partial charge in [0.15, 0.2) is 0 Å². The van der Waals surface area contributed by atoms with Gasteiger partial charge in [-0.1, -0.05) is 0 Å². The third kappa shape index (κ3) is 4.49. The molecule has 1 atom stereocenters. The summed E-state index contributed by atoms with van der Waals surface area (Å²) in [5.41, 5.74) is 0.746. The molecule has 156 valence electrons. The van der Waals surface area contributed by atoms with Crippen LogP contribution in [0.4, 0.5) is 8.78 Å². The van der Waals surface area contributed by atoms with Gasteiger partial charge >= 0.3 is 0 Å². The topological polar surface area (TPSA) is 79.4 Å². The predicted molar refractivity (Wildman–Crippen MR) is 104 cm³/mol. The normalized spacial score (nSPS) is 20.6. The summed E-state index contributed by atoms with van der Waals surface area (Å²) in [6, 6.07) is 2.44. The molecular formula is C19H21F2N3O3S2. The van der Waals surface area contributed by atoms with Gasteiger partial charge < -0.3 is 5.32 Å². The number of sulfonamides is 1. The molecule has 0 spiro atoms. The van der Waals surface area contributed by atoms with Gasteiger partial charge in [0.1, 0.15) is 16.5 Å². The van der Waals surface area contributed by atoms with Crippen molar-refractivity contribution in [1.29, 1.82) is 0 Å². The van der Waals surface area contributed by atoms with E-state index in [1.807, 2.05) is 5.38 Å². The molecule has 0 radical (unpaired) electrons. The van der Waals surface area contributed by atoms with Crippen LogP contribution in [-0.2, 0) is 21.4 Å². The number of amides is 1. The third-order valence-corrected chi connectivity index (χ3v) is 8.14. The Balaban J connectivity index is 1.45. The van der Waals surface area contributed by atoms with Crippen LogP contribution in [0.5, 0.6) is 0 Å². The Morgan fingerprint density at radius 3 is 2.83 bits per heavy atom. The highest BCUT2D eigenvalue weighted by atomic mass is 32.2. The third-order valence-electron chi connectivity index (χ3n) is 5.21. The van der Waals surface area contributed by atoms with E-state index < -0.39 is 26.6 Å². The average Bonchev–Trinajstić information content (AvgIpc) is 3.46. The van der Waals surface area contributed by atoms with Crippen LogP contribution in [0.2, 0.25) is 0 Å². The van der Waals surface area contributed by atoms with Crippen molar-refractivity contribution in [2.45, 2.75) is 43.0 Å². The van der Waals surface area contributed by atoms with Crippen molar-refractivity contribution in [1.82, 2.24) is 14.6 Å². The average molecular weight is 442 g/mol. The van der Waals surface area contributed by atoms with Gasteiger partial charge in [-0.25, -0.2) is 22.2 Å². The lowest BCUT2D eigenvalue weighted by Gasteiger charge is -2.31. The van der Waals surface area contributed by atoms with Gasteiger partial charge in [-0.2, -0.15) is 4.31 Å². The number of carbonyl (C=O) groups excluding carboxylic acids is 1. The molecule has 4 rings (SSSR count). The van der Waals surface area contributed by atoms with E-state index in [0.29, 0.717) is 13.0 Å². The van der Waals surface area contributed by atoms with E-state index in [9.17, 15) is 22.0 Å². The smallest absolute Gasteiger partial charge is 0.246 e. The van der Waals surface area contributed by atoms with Gasteiger partial charge in [-0.3, -0.25) is 4.79 Å². The van der Waals surface area contributed by atoms with E-state index in [2.05, 4.69) is 10.3 Å². The van der Waals surface area contributed by atoms with Crippen molar-refractivity contribution in [3.05, 3.63) is 45.9 Å². The quantitative estimate of drug-likeness (QED) is 0.747. The molecule has 1 aromatic carbocycles. The standard InChI is InChI=1S/C19H21F2N3O3S2/c20-14-5-6-16(21)17(8-14)29(26,27)24-7-1-2-13(10-24)19-23-15(11-28-19)9-22-18(25)12-3-4-12/h5-6,8,11-13H,1-4,7,9-10H2,(H,22,25). The highest BCUT2D eigenvalue weighted by Gasteiger charge is 2.34. The number of benzene rings is 1. The molecule has 29 heavy (non-hydrogen) atoms. The molecule has 1 aliphatic carbocycles. The number of hydrogen-bond acceptors (Lipinski definition) is 5. The first kappa shape index (κ1) is 20.4. The lowest BCUT2D eigenvalue weighted by atomic mass is 10.0. The number of carbonyl (C=O) groups is 1. The SMILES string of the molecule is O=C(NCc1csc(C2CCCN(S(=O)(=O)c3cc(F)ccc3F)C2)n1)C1CC1. The van der Waals surface area contributed by atoms with Crippen LogP contribution in [0, 0.1) is 17.6 Å². The van der Waals surface area contributed by atoms with Crippen LogP contribution < -0.4 is 5.32 Å². The fraction of sp³-hybridized carbons (Fsp3) is 0.474. The number of aromatic nitrogens is 1. The molecule has 2 aliphatic rings. The van der Waals surface area contributed by atoms with Crippen molar-refractivity contribution in [2.24, 2.45) is 5.92 Å². The first-order chi connectivity index (χ1) is 13.8. The minimum atomic E-state index is -4.14. The van der Waals surface area contributed by atoms with E-state index in [4.69, 9.17) is 0 Å². The van der Waals surface area contributed by atoms with Crippen molar-refractivity contribution in [2.75, 3.05) is 13.1 Å². The molecule has 2 aromatic rings. The fourth-order valence-electron chi connectivity index (χ4n) is 3.44. The largest absolute Gasteiger partial charge is 0.350 e. The summed E-state index contributed by atoms with van der Waals surface area (Å²) in [6.45, 7) is 0.777. The van der Waals surface area contributed by atoms with Crippen molar-refractivity contribution >= 4 is 27.3 Å². The Labute approximate surface area is 172 Å². The van der Waals surface area contributed by atoms with E-state index >= 15 is 0 Å². The molecule has 6 nitrogen and oxygen atoms in total. The molecule has 1 aliphatic heterocycles. The number of piperidine rings is 1. The van der Waals surface area contributed by atoms with Crippen LogP contribution in [0.25, 0.3) is 0 Å². The van der Waals surface area contributed by atoms with Crippen molar-refractivity contribution in [3.63, 3.8) is 0 Å². The summed E-state index contributed by atoms with van der Waals surface area (Å²) in [7, 11) is -4.14. The summed E-state index contributed by atoms with van der Waals surface area (Å²) >= 11 is 1.43. The van der Waals surface area contributed by atoms with Crippen LogP contribution >= 0.6 is 11.3 Å². The first-order valence-electron chi connectivity index (χ1n) is 9.52. The molecule has 2 heterocycles. The van der Waals surface area contributed by atoms with E-state index in [1.165, 1.54) is 15.6 Å². The Hall–Kier alpha value is -1.91. The molecule has 1 amide bonds. The molecule has 1 unspecified atom stereocenters. The molecule has 1 saturated carbocycles. The number of rotatable bonds is 6. The minimum absolute atomic E-state index is 0.0478. The zero-order chi connectivity index (χ0) is 20.6. The Morgan fingerprint density at radius 1 is 1.28 bits per heavy atom.